The molecule has 0 bridgehead atoms. The normalized spacial score (nSPS) is 23.1. The monoisotopic (exact) mass is 279 g/mol. The fraction of sp³-hybridized carbons (Fsp3) is 0.571. The zero-order chi connectivity index (χ0) is 14.0. The van der Waals surface area contributed by atoms with E-state index < -0.39 is 0 Å². The van der Waals surface area contributed by atoms with E-state index in [1.807, 2.05) is 19.9 Å². The Bertz CT molecular complexity index is 490. The average Bonchev–Trinajstić information content (AvgIpc) is 2.26. The Morgan fingerprint density at radius 3 is 2.89 bits per heavy atom. The van der Waals surface area contributed by atoms with Gasteiger partial charge < -0.3 is 15.8 Å². The number of aryl methyl sites for hydroxylation is 2. The van der Waals surface area contributed by atoms with E-state index in [9.17, 15) is 0 Å². The van der Waals surface area contributed by atoms with Crippen LogP contribution in [0.3, 0.4) is 0 Å². The van der Waals surface area contributed by atoms with E-state index in [1.165, 1.54) is 0 Å². The molecular formula is C14H21N3OS. The molecule has 1 saturated heterocycles. The molecule has 1 aromatic rings. The fourth-order valence-electron chi connectivity index (χ4n) is 2.60. The van der Waals surface area contributed by atoms with Crippen LogP contribution in [0.25, 0.3) is 0 Å². The molecule has 2 rings (SSSR count). The molecule has 2 unspecified atom stereocenters. The third-order valence-electron chi connectivity index (χ3n) is 3.42. The summed E-state index contributed by atoms with van der Waals surface area (Å²) in [6.45, 7) is 6.82. The van der Waals surface area contributed by atoms with Crippen molar-refractivity contribution in [1.82, 2.24) is 4.98 Å². The third kappa shape index (κ3) is 3.42. The van der Waals surface area contributed by atoms with Crippen LogP contribution in [0.15, 0.2) is 6.07 Å². The van der Waals surface area contributed by atoms with Gasteiger partial charge in [0.05, 0.1) is 11.7 Å². The number of nitrogens with two attached hydrogens (primary N) is 1. The van der Waals surface area contributed by atoms with E-state index in [4.69, 9.17) is 22.7 Å². The SMILES string of the molecule is Cc1cc(NC2CCOC(C)C2)c(C(N)=S)c(C)n1. The summed E-state index contributed by atoms with van der Waals surface area (Å²) in [4.78, 5) is 4.83. The van der Waals surface area contributed by atoms with Gasteiger partial charge in [-0.2, -0.15) is 0 Å². The number of ether oxygens (including phenoxy) is 1. The molecule has 0 radical (unpaired) electrons. The van der Waals surface area contributed by atoms with Crippen LogP contribution in [0.1, 0.15) is 36.7 Å². The highest BCUT2D eigenvalue weighted by molar-refractivity contribution is 7.80. The predicted molar refractivity (Wildman–Crippen MR) is 81.7 cm³/mol. The Hall–Kier alpha value is -1.20. The minimum Gasteiger partial charge on any atom is -0.389 e. The van der Waals surface area contributed by atoms with Gasteiger partial charge >= 0.3 is 0 Å². The van der Waals surface area contributed by atoms with Gasteiger partial charge in [-0.15, -0.1) is 0 Å². The number of nitrogens with zero attached hydrogens (tertiary/aromatic N) is 1. The third-order valence-corrected chi connectivity index (χ3v) is 3.62. The van der Waals surface area contributed by atoms with Crippen LogP contribution in [0.2, 0.25) is 0 Å². The van der Waals surface area contributed by atoms with Gasteiger partial charge in [-0.3, -0.25) is 4.98 Å². The Morgan fingerprint density at radius 1 is 1.53 bits per heavy atom. The average molecular weight is 279 g/mol. The van der Waals surface area contributed by atoms with Crippen molar-refractivity contribution >= 4 is 22.9 Å². The van der Waals surface area contributed by atoms with Crippen molar-refractivity contribution in [3.8, 4) is 0 Å². The molecule has 1 fully saturated rings. The summed E-state index contributed by atoms with van der Waals surface area (Å²) in [7, 11) is 0. The number of hydrogen-bond donors (Lipinski definition) is 2. The van der Waals surface area contributed by atoms with Crippen LogP contribution in [-0.4, -0.2) is 28.7 Å². The zero-order valence-electron chi connectivity index (χ0n) is 11.7. The Morgan fingerprint density at radius 2 is 2.26 bits per heavy atom. The van der Waals surface area contributed by atoms with Gasteiger partial charge in [-0.05, 0) is 39.7 Å². The standard InChI is InChI=1S/C14H21N3OS/c1-8-6-12(13(14(15)19)10(3)16-8)17-11-4-5-18-9(2)7-11/h6,9,11H,4-5,7H2,1-3H3,(H2,15,19)(H,16,17). The highest BCUT2D eigenvalue weighted by atomic mass is 32.1. The summed E-state index contributed by atoms with van der Waals surface area (Å²) in [5.74, 6) is 0. The van der Waals surface area contributed by atoms with E-state index in [-0.39, 0.29) is 0 Å². The smallest absolute Gasteiger partial charge is 0.107 e. The fourth-order valence-corrected chi connectivity index (χ4v) is 2.86. The number of aromatic nitrogens is 1. The molecule has 0 spiro atoms. The maximum Gasteiger partial charge on any atom is 0.107 e. The summed E-state index contributed by atoms with van der Waals surface area (Å²) < 4.78 is 5.57. The lowest BCUT2D eigenvalue weighted by Gasteiger charge is -2.29. The van der Waals surface area contributed by atoms with Crippen LogP contribution in [-0.2, 0) is 4.74 Å². The topological polar surface area (TPSA) is 60.2 Å². The lowest BCUT2D eigenvalue weighted by molar-refractivity contribution is 0.0232. The van der Waals surface area contributed by atoms with Crippen molar-refractivity contribution in [2.24, 2.45) is 5.73 Å². The van der Waals surface area contributed by atoms with Crippen molar-refractivity contribution < 1.29 is 4.74 Å². The second-order valence-corrected chi connectivity index (χ2v) is 5.62. The second kappa shape index (κ2) is 5.84. The second-order valence-electron chi connectivity index (χ2n) is 5.18. The number of rotatable bonds is 3. The highest BCUT2D eigenvalue weighted by Gasteiger charge is 2.21. The first-order chi connectivity index (χ1) is 8.97. The lowest BCUT2D eigenvalue weighted by Crippen LogP contribution is -2.33. The molecule has 1 aliphatic heterocycles. The number of hydrogen-bond acceptors (Lipinski definition) is 4. The number of anilines is 1. The van der Waals surface area contributed by atoms with Crippen molar-refractivity contribution in [2.75, 3.05) is 11.9 Å². The first-order valence-corrected chi connectivity index (χ1v) is 7.04. The van der Waals surface area contributed by atoms with E-state index >= 15 is 0 Å². The number of pyridine rings is 1. The molecule has 104 valence electrons. The minimum absolute atomic E-state index is 0.295. The first-order valence-electron chi connectivity index (χ1n) is 6.63. The van der Waals surface area contributed by atoms with Crippen LogP contribution >= 0.6 is 12.2 Å². The molecule has 0 saturated carbocycles. The summed E-state index contributed by atoms with van der Waals surface area (Å²) in [6, 6.07) is 2.42. The lowest BCUT2D eigenvalue weighted by atomic mass is 10.0. The molecule has 4 nitrogen and oxygen atoms in total. The van der Waals surface area contributed by atoms with Gasteiger partial charge in [-0.1, -0.05) is 12.2 Å². The van der Waals surface area contributed by atoms with Gasteiger partial charge in [0.1, 0.15) is 4.99 Å². The molecule has 0 aromatic carbocycles. The van der Waals surface area contributed by atoms with Gasteiger partial charge in [0, 0.05) is 29.7 Å². The molecule has 0 aliphatic carbocycles. The molecule has 3 N–H and O–H groups in total. The molecular weight excluding hydrogens is 258 g/mol. The molecule has 19 heavy (non-hydrogen) atoms. The van der Waals surface area contributed by atoms with Crippen molar-refractivity contribution in [1.29, 1.82) is 0 Å². The number of thiocarbonyl (C=S) groups is 1. The van der Waals surface area contributed by atoms with E-state index in [0.29, 0.717) is 17.1 Å². The highest BCUT2D eigenvalue weighted by Crippen LogP contribution is 2.24. The quantitative estimate of drug-likeness (QED) is 0.832. The van der Waals surface area contributed by atoms with E-state index in [1.54, 1.807) is 0 Å². The van der Waals surface area contributed by atoms with E-state index in [2.05, 4.69) is 17.2 Å². The molecule has 2 atom stereocenters. The summed E-state index contributed by atoms with van der Waals surface area (Å²) >= 11 is 5.14. The van der Waals surface area contributed by atoms with Crippen LogP contribution in [0, 0.1) is 13.8 Å². The summed E-state index contributed by atoms with van der Waals surface area (Å²) in [6.07, 6.45) is 2.29. The first kappa shape index (κ1) is 14.2. The van der Waals surface area contributed by atoms with Crippen molar-refractivity contribution in [3.63, 3.8) is 0 Å². The zero-order valence-corrected chi connectivity index (χ0v) is 12.5. The van der Waals surface area contributed by atoms with Crippen molar-refractivity contribution in [2.45, 2.75) is 45.8 Å². The Kier molecular flexibility index (Phi) is 4.37. The minimum atomic E-state index is 0.295. The van der Waals surface area contributed by atoms with Gasteiger partial charge in [0.25, 0.3) is 0 Å². The maximum atomic E-state index is 5.82. The molecule has 1 aliphatic rings. The van der Waals surface area contributed by atoms with Gasteiger partial charge in [0.2, 0.25) is 0 Å². The molecule has 0 amide bonds. The van der Waals surface area contributed by atoms with E-state index in [0.717, 1.165) is 42.1 Å². The summed E-state index contributed by atoms with van der Waals surface area (Å²) in [5.41, 5.74) is 9.54. The van der Waals surface area contributed by atoms with Crippen LogP contribution < -0.4 is 11.1 Å². The van der Waals surface area contributed by atoms with Gasteiger partial charge in [-0.25, -0.2) is 0 Å². The van der Waals surface area contributed by atoms with Gasteiger partial charge in [0.15, 0.2) is 0 Å². The number of nitrogens with one attached hydrogen (secondary N) is 1. The van der Waals surface area contributed by atoms with Crippen LogP contribution in [0.4, 0.5) is 5.69 Å². The van der Waals surface area contributed by atoms with Crippen molar-refractivity contribution in [3.05, 3.63) is 23.0 Å². The Balaban J connectivity index is 2.25. The van der Waals surface area contributed by atoms with Crippen LogP contribution in [0.5, 0.6) is 0 Å². The molecule has 2 heterocycles. The molecule has 5 heteroatoms. The molecule has 1 aromatic heterocycles. The predicted octanol–water partition coefficient (Wildman–Crippen LogP) is 2.31. The largest absolute Gasteiger partial charge is 0.389 e. The Labute approximate surface area is 119 Å². The maximum absolute atomic E-state index is 5.82. The summed E-state index contributed by atoms with van der Waals surface area (Å²) in [5, 5.41) is 3.56.